The Bertz CT molecular complexity index is 572. The van der Waals surface area contributed by atoms with Gasteiger partial charge in [-0.1, -0.05) is 13.8 Å². The molecule has 7 heteroatoms. The van der Waals surface area contributed by atoms with E-state index in [0.29, 0.717) is 23.8 Å². The molecule has 102 valence electrons. The Morgan fingerprint density at radius 3 is 2.84 bits per heavy atom. The van der Waals surface area contributed by atoms with Crippen molar-refractivity contribution < 1.29 is 9.34 Å². The highest BCUT2D eigenvalue weighted by atomic mass is 16.6. The van der Waals surface area contributed by atoms with E-state index >= 15 is 0 Å². The van der Waals surface area contributed by atoms with Gasteiger partial charge in [-0.15, -0.1) is 0 Å². The average molecular weight is 264 g/mol. The molecule has 0 spiro atoms. The zero-order chi connectivity index (χ0) is 14.0. The van der Waals surface area contributed by atoms with Gasteiger partial charge in [0.15, 0.2) is 0 Å². The molecule has 0 aliphatic rings. The van der Waals surface area contributed by atoms with Crippen molar-refractivity contribution in [1.29, 1.82) is 0 Å². The SMILES string of the molecule is CC(C)c1nn(C)c(NCc2ccco2)c1[N+](=O)[O-]. The molecule has 0 saturated carbocycles. The van der Waals surface area contributed by atoms with Crippen LogP contribution in [0.15, 0.2) is 22.8 Å². The summed E-state index contributed by atoms with van der Waals surface area (Å²) in [4.78, 5) is 10.8. The number of aromatic nitrogens is 2. The third kappa shape index (κ3) is 2.59. The smallest absolute Gasteiger partial charge is 0.334 e. The monoisotopic (exact) mass is 264 g/mol. The average Bonchev–Trinajstić information content (AvgIpc) is 2.93. The molecule has 2 aromatic heterocycles. The van der Waals surface area contributed by atoms with E-state index in [2.05, 4.69) is 10.4 Å². The summed E-state index contributed by atoms with van der Waals surface area (Å²) in [5.74, 6) is 1.09. The summed E-state index contributed by atoms with van der Waals surface area (Å²) in [5.41, 5.74) is 0.513. The molecule has 2 heterocycles. The van der Waals surface area contributed by atoms with Crippen LogP contribution in [0.1, 0.15) is 31.2 Å². The fourth-order valence-electron chi connectivity index (χ4n) is 1.88. The van der Waals surface area contributed by atoms with E-state index in [9.17, 15) is 10.1 Å². The number of nitro groups is 1. The summed E-state index contributed by atoms with van der Waals surface area (Å²) in [6.45, 7) is 4.14. The number of nitrogens with zero attached hydrogens (tertiary/aromatic N) is 3. The highest BCUT2D eigenvalue weighted by molar-refractivity contribution is 5.60. The van der Waals surface area contributed by atoms with E-state index in [1.165, 1.54) is 4.68 Å². The lowest BCUT2D eigenvalue weighted by atomic mass is 10.1. The molecule has 2 rings (SSSR count). The summed E-state index contributed by atoms with van der Waals surface area (Å²) >= 11 is 0. The Morgan fingerprint density at radius 1 is 1.58 bits per heavy atom. The van der Waals surface area contributed by atoms with Crippen LogP contribution in [0.3, 0.4) is 0 Å². The van der Waals surface area contributed by atoms with Gasteiger partial charge in [0.2, 0.25) is 5.82 Å². The van der Waals surface area contributed by atoms with Crippen LogP contribution in [0.4, 0.5) is 11.5 Å². The summed E-state index contributed by atoms with van der Waals surface area (Å²) in [6.07, 6.45) is 1.56. The first kappa shape index (κ1) is 13.1. The van der Waals surface area contributed by atoms with Crippen LogP contribution < -0.4 is 5.32 Å². The summed E-state index contributed by atoms with van der Waals surface area (Å²) in [5, 5.41) is 18.4. The predicted molar refractivity (Wildman–Crippen MR) is 70.0 cm³/mol. The lowest BCUT2D eigenvalue weighted by Crippen LogP contribution is -2.05. The van der Waals surface area contributed by atoms with Gasteiger partial charge in [0.05, 0.1) is 17.7 Å². The van der Waals surface area contributed by atoms with Gasteiger partial charge in [-0.05, 0) is 12.1 Å². The van der Waals surface area contributed by atoms with E-state index < -0.39 is 4.92 Å². The zero-order valence-corrected chi connectivity index (χ0v) is 11.1. The highest BCUT2D eigenvalue weighted by Gasteiger charge is 2.28. The first-order valence-electron chi connectivity index (χ1n) is 5.98. The summed E-state index contributed by atoms with van der Waals surface area (Å²) in [6, 6.07) is 3.58. The predicted octanol–water partition coefficient (Wildman–Crippen LogP) is 2.66. The number of anilines is 1. The number of rotatable bonds is 5. The van der Waals surface area contributed by atoms with Gasteiger partial charge >= 0.3 is 5.69 Å². The number of furan rings is 1. The minimum absolute atomic E-state index is 0.00855. The Balaban J connectivity index is 2.30. The van der Waals surface area contributed by atoms with Crippen LogP contribution >= 0.6 is 0 Å². The normalized spacial score (nSPS) is 10.9. The molecule has 0 fully saturated rings. The third-order valence-corrected chi connectivity index (χ3v) is 2.79. The molecule has 0 unspecified atom stereocenters. The molecule has 19 heavy (non-hydrogen) atoms. The number of hydrogen-bond acceptors (Lipinski definition) is 5. The second-order valence-electron chi connectivity index (χ2n) is 4.55. The first-order chi connectivity index (χ1) is 9.00. The van der Waals surface area contributed by atoms with Crippen molar-refractivity contribution in [1.82, 2.24) is 9.78 Å². The Hall–Kier alpha value is -2.31. The van der Waals surface area contributed by atoms with Crippen molar-refractivity contribution in [2.75, 3.05) is 5.32 Å². The van der Waals surface area contributed by atoms with Gasteiger partial charge in [0, 0.05) is 13.0 Å². The first-order valence-corrected chi connectivity index (χ1v) is 5.98. The fraction of sp³-hybridized carbons (Fsp3) is 0.417. The van der Waals surface area contributed by atoms with Crippen molar-refractivity contribution in [2.24, 2.45) is 7.05 Å². The standard InChI is InChI=1S/C12H16N4O3/c1-8(2)10-11(16(17)18)12(15(3)14-10)13-7-9-5-4-6-19-9/h4-6,8,13H,7H2,1-3H3. The van der Waals surface area contributed by atoms with Crippen molar-refractivity contribution >= 4 is 11.5 Å². The van der Waals surface area contributed by atoms with Gasteiger partial charge in [0.25, 0.3) is 0 Å². The Morgan fingerprint density at radius 2 is 2.32 bits per heavy atom. The Labute approximate surface area is 110 Å². The molecule has 2 aromatic rings. The molecule has 0 radical (unpaired) electrons. The number of nitrogens with one attached hydrogen (secondary N) is 1. The minimum Gasteiger partial charge on any atom is -0.467 e. The molecule has 0 amide bonds. The van der Waals surface area contributed by atoms with E-state index in [-0.39, 0.29) is 11.6 Å². The minimum atomic E-state index is -0.396. The van der Waals surface area contributed by atoms with Gasteiger partial charge in [-0.3, -0.25) is 10.1 Å². The second kappa shape index (κ2) is 5.13. The maximum Gasteiger partial charge on any atom is 0.334 e. The van der Waals surface area contributed by atoms with E-state index in [1.807, 2.05) is 13.8 Å². The molecule has 0 saturated heterocycles. The lowest BCUT2D eigenvalue weighted by molar-refractivity contribution is -0.384. The number of hydrogen-bond donors (Lipinski definition) is 1. The largest absolute Gasteiger partial charge is 0.467 e. The van der Waals surface area contributed by atoms with E-state index in [0.717, 1.165) is 0 Å². The van der Waals surface area contributed by atoms with Crippen LogP contribution in [0.2, 0.25) is 0 Å². The van der Waals surface area contributed by atoms with Crippen LogP contribution in [-0.2, 0) is 13.6 Å². The van der Waals surface area contributed by atoms with Gasteiger partial charge in [-0.25, -0.2) is 4.68 Å². The number of aryl methyl sites for hydroxylation is 1. The molecular formula is C12H16N4O3. The van der Waals surface area contributed by atoms with Crippen molar-refractivity contribution in [3.05, 3.63) is 40.0 Å². The highest BCUT2D eigenvalue weighted by Crippen LogP contribution is 2.32. The molecule has 0 atom stereocenters. The Kier molecular flexibility index (Phi) is 3.55. The summed E-state index contributed by atoms with van der Waals surface area (Å²) in [7, 11) is 1.68. The lowest BCUT2D eigenvalue weighted by Gasteiger charge is -2.04. The van der Waals surface area contributed by atoms with Crippen LogP contribution in [0, 0.1) is 10.1 Å². The molecule has 0 bridgehead atoms. The third-order valence-electron chi connectivity index (χ3n) is 2.79. The van der Waals surface area contributed by atoms with Gasteiger partial charge in [-0.2, -0.15) is 5.10 Å². The van der Waals surface area contributed by atoms with E-state index in [4.69, 9.17) is 4.42 Å². The van der Waals surface area contributed by atoms with Crippen LogP contribution in [0.5, 0.6) is 0 Å². The van der Waals surface area contributed by atoms with E-state index in [1.54, 1.807) is 25.4 Å². The van der Waals surface area contributed by atoms with Crippen molar-refractivity contribution in [3.63, 3.8) is 0 Å². The maximum atomic E-state index is 11.2. The second-order valence-corrected chi connectivity index (χ2v) is 4.55. The zero-order valence-electron chi connectivity index (χ0n) is 11.1. The summed E-state index contributed by atoms with van der Waals surface area (Å²) < 4.78 is 6.68. The van der Waals surface area contributed by atoms with Crippen molar-refractivity contribution in [3.8, 4) is 0 Å². The maximum absolute atomic E-state index is 11.2. The quantitative estimate of drug-likeness (QED) is 0.662. The molecule has 0 aliphatic carbocycles. The molecule has 0 aliphatic heterocycles. The molecular weight excluding hydrogens is 248 g/mol. The fourth-order valence-corrected chi connectivity index (χ4v) is 1.88. The van der Waals surface area contributed by atoms with Gasteiger partial charge in [0.1, 0.15) is 11.5 Å². The topological polar surface area (TPSA) is 86.1 Å². The molecule has 0 aromatic carbocycles. The molecule has 1 N–H and O–H groups in total. The van der Waals surface area contributed by atoms with Crippen LogP contribution in [0.25, 0.3) is 0 Å². The molecule has 7 nitrogen and oxygen atoms in total. The van der Waals surface area contributed by atoms with Gasteiger partial charge < -0.3 is 9.73 Å². The van der Waals surface area contributed by atoms with Crippen LogP contribution in [-0.4, -0.2) is 14.7 Å². The van der Waals surface area contributed by atoms with Crippen molar-refractivity contribution in [2.45, 2.75) is 26.3 Å².